The van der Waals surface area contributed by atoms with Gasteiger partial charge in [0.2, 0.25) is 0 Å². The number of fused-ring (bicyclic) bond motifs is 4. The standard InChI is InChI=1S/C30H34ClNO6/c1-34-27-14-21-8-9-32-18-24-23(25(31)17-29(35-2)30(24)37-13-12-36-11-10-33)15-26(32)22(21)16-28(27)38-19-20-6-4-3-5-7-20/h3-7,14,16-17,26,33H,8-13,15,18-19H2,1-2H3. The highest BCUT2D eigenvalue weighted by atomic mass is 35.5. The molecular formula is C30H34ClNO6. The van der Waals surface area contributed by atoms with E-state index in [-0.39, 0.29) is 19.3 Å². The molecule has 202 valence electrons. The molecule has 0 aliphatic carbocycles. The van der Waals surface area contributed by atoms with E-state index in [4.69, 9.17) is 40.4 Å². The SMILES string of the molecule is COc1cc2c(cc1OCc1ccccc1)C1Cc3c(Cl)cc(OC)c(OCCOCCO)c3CN1CC2. The van der Waals surface area contributed by atoms with Crippen LogP contribution in [0.2, 0.25) is 5.02 Å². The normalized spacial score (nSPS) is 16.3. The number of hydrogen-bond donors (Lipinski definition) is 1. The van der Waals surface area contributed by atoms with Crippen molar-refractivity contribution in [2.45, 2.75) is 32.0 Å². The molecule has 1 unspecified atom stereocenters. The first-order chi connectivity index (χ1) is 18.6. The number of methoxy groups -OCH3 is 2. The lowest BCUT2D eigenvalue weighted by Gasteiger charge is -2.42. The first kappa shape index (κ1) is 26.6. The number of aliphatic hydroxyl groups is 1. The maximum absolute atomic E-state index is 8.94. The van der Waals surface area contributed by atoms with Crippen LogP contribution in [0.5, 0.6) is 23.0 Å². The third kappa shape index (κ3) is 5.57. The van der Waals surface area contributed by atoms with Gasteiger partial charge in [-0.05, 0) is 47.2 Å². The molecule has 38 heavy (non-hydrogen) atoms. The predicted molar refractivity (Wildman–Crippen MR) is 146 cm³/mol. The van der Waals surface area contributed by atoms with E-state index in [9.17, 15) is 0 Å². The van der Waals surface area contributed by atoms with Crippen molar-refractivity contribution in [2.75, 3.05) is 47.2 Å². The molecule has 2 aliphatic heterocycles. The van der Waals surface area contributed by atoms with Gasteiger partial charge in [-0.2, -0.15) is 0 Å². The Bertz CT molecular complexity index is 1250. The summed E-state index contributed by atoms with van der Waals surface area (Å²) in [6, 6.07) is 16.4. The van der Waals surface area contributed by atoms with Gasteiger partial charge in [0, 0.05) is 35.8 Å². The summed E-state index contributed by atoms with van der Waals surface area (Å²) in [5.74, 6) is 2.83. The predicted octanol–water partition coefficient (Wildman–Crippen LogP) is 4.98. The van der Waals surface area contributed by atoms with Crippen LogP contribution in [0.15, 0.2) is 48.5 Å². The maximum Gasteiger partial charge on any atom is 0.166 e. The number of hydrogen-bond acceptors (Lipinski definition) is 7. The van der Waals surface area contributed by atoms with E-state index in [0.29, 0.717) is 42.9 Å². The number of nitrogens with zero attached hydrogens (tertiary/aromatic N) is 1. The number of rotatable bonds is 11. The van der Waals surface area contributed by atoms with E-state index in [0.717, 1.165) is 47.6 Å². The highest BCUT2D eigenvalue weighted by Crippen LogP contribution is 2.48. The second-order valence-corrected chi connectivity index (χ2v) is 9.86. The molecule has 1 atom stereocenters. The zero-order valence-electron chi connectivity index (χ0n) is 21.9. The van der Waals surface area contributed by atoms with Gasteiger partial charge in [-0.3, -0.25) is 4.90 Å². The van der Waals surface area contributed by atoms with Crippen molar-refractivity contribution in [3.8, 4) is 23.0 Å². The summed E-state index contributed by atoms with van der Waals surface area (Å²) >= 11 is 6.80. The quantitative estimate of drug-likeness (QED) is 0.345. The molecule has 0 aromatic heterocycles. The molecule has 7 nitrogen and oxygen atoms in total. The third-order valence-electron chi connectivity index (χ3n) is 7.23. The molecule has 0 radical (unpaired) electrons. The van der Waals surface area contributed by atoms with Crippen molar-refractivity contribution >= 4 is 11.6 Å². The van der Waals surface area contributed by atoms with Crippen molar-refractivity contribution in [3.63, 3.8) is 0 Å². The van der Waals surface area contributed by atoms with Crippen molar-refractivity contribution < 1.29 is 28.8 Å². The van der Waals surface area contributed by atoms with Crippen LogP contribution in [0.1, 0.15) is 33.9 Å². The van der Waals surface area contributed by atoms with E-state index in [2.05, 4.69) is 29.2 Å². The molecule has 5 rings (SSSR count). The highest BCUT2D eigenvalue weighted by Gasteiger charge is 2.36. The molecule has 2 aliphatic rings. The first-order valence-electron chi connectivity index (χ1n) is 12.9. The Morgan fingerprint density at radius 2 is 1.74 bits per heavy atom. The smallest absolute Gasteiger partial charge is 0.166 e. The maximum atomic E-state index is 8.94. The summed E-state index contributed by atoms with van der Waals surface area (Å²) in [7, 11) is 3.31. The molecule has 0 amide bonds. The Morgan fingerprint density at radius 1 is 0.921 bits per heavy atom. The molecule has 3 aromatic carbocycles. The average molecular weight is 540 g/mol. The third-order valence-corrected chi connectivity index (χ3v) is 7.56. The zero-order valence-corrected chi connectivity index (χ0v) is 22.6. The van der Waals surface area contributed by atoms with Crippen LogP contribution < -0.4 is 18.9 Å². The van der Waals surface area contributed by atoms with Gasteiger partial charge in [-0.15, -0.1) is 0 Å². The van der Waals surface area contributed by atoms with Crippen molar-refractivity contribution in [2.24, 2.45) is 0 Å². The van der Waals surface area contributed by atoms with Crippen LogP contribution in [-0.2, 0) is 30.7 Å². The van der Waals surface area contributed by atoms with E-state index in [1.807, 2.05) is 24.3 Å². The fraction of sp³-hybridized carbons (Fsp3) is 0.400. The Morgan fingerprint density at radius 3 is 2.50 bits per heavy atom. The number of ether oxygens (including phenoxy) is 5. The fourth-order valence-electron chi connectivity index (χ4n) is 5.36. The lowest BCUT2D eigenvalue weighted by atomic mass is 9.83. The van der Waals surface area contributed by atoms with Gasteiger partial charge in [0.15, 0.2) is 23.0 Å². The van der Waals surface area contributed by atoms with Gasteiger partial charge in [0.25, 0.3) is 0 Å². The summed E-state index contributed by atoms with van der Waals surface area (Å²) in [4.78, 5) is 2.48. The number of halogens is 1. The van der Waals surface area contributed by atoms with E-state index >= 15 is 0 Å². The lowest BCUT2D eigenvalue weighted by molar-refractivity contribution is 0.0689. The van der Waals surface area contributed by atoms with Crippen LogP contribution >= 0.6 is 11.6 Å². The summed E-state index contributed by atoms with van der Waals surface area (Å²) in [6.07, 6.45) is 1.67. The van der Waals surface area contributed by atoms with Crippen LogP contribution in [0.4, 0.5) is 0 Å². The molecule has 0 spiro atoms. The first-order valence-corrected chi connectivity index (χ1v) is 13.3. The van der Waals surface area contributed by atoms with Gasteiger partial charge in [0.1, 0.15) is 13.2 Å². The van der Waals surface area contributed by atoms with Crippen LogP contribution in [0.3, 0.4) is 0 Å². The highest BCUT2D eigenvalue weighted by molar-refractivity contribution is 6.31. The van der Waals surface area contributed by atoms with Crippen LogP contribution in [0.25, 0.3) is 0 Å². The molecule has 3 aromatic rings. The van der Waals surface area contributed by atoms with Gasteiger partial charge >= 0.3 is 0 Å². The molecule has 0 saturated heterocycles. The second kappa shape index (κ2) is 12.3. The average Bonchev–Trinajstić information content (AvgIpc) is 2.96. The monoisotopic (exact) mass is 539 g/mol. The van der Waals surface area contributed by atoms with E-state index < -0.39 is 0 Å². The Labute approximate surface area is 228 Å². The minimum atomic E-state index is -0.0115. The summed E-state index contributed by atoms with van der Waals surface area (Å²) in [5.41, 5.74) is 5.77. The molecule has 1 N–H and O–H groups in total. The molecule has 2 heterocycles. The van der Waals surface area contributed by atoms with Gasteiger partial charge in [-0.1, -0.05) is 41.9 Å². The Balaban J connectivity index is 1.43. The van der Waals surface area contributed by atoms with Crippen molar-refractivity contribution in [3.05, 3.63) is 81.4 Å². The van der Waals surface area contributed by atoms with Crippen LogP contribution in [-0.4, -0.2) is 57.2 Å². The topological polar surface area (TPSA) is 69.6 Å². The Kier molecular flexibility index (Phi) is 8.59. The fourth-order valence-corrected chi connectivity index (χ4v) is 5.65. The largest absolute Gasteiger partial charge is 0.493 e. The lowest BCUT2D eigenvalue weighted by Crippen LogP contribution is -2.39. The van der Waals surface area contributed by atoms with Gasteiger partial charge in [0.05, 0.1) is 34.0 Å². The summed E-state index contributed by atoms with van der Waals surface area (Å²) in [6.45, 7) is 3.11. The minimum absolute atomic E-state index is 0.0115. The molecule has 8 heteroatoms. The van der Waals surface area contributed by atoms with Gasteiger partial charge in [-0.25, -0.2) is 0 Å². The minimum Gasteiger partial charge on any atom is -0.493 e. The molecule has 0 fully saturated rings. The molecular weight excluding hydrogens is 506 g/mol. The number of benzene rings is 3. The zero-order chi connectivity index (χ0) is 26.5. The summed E-state index contributed by atoms with van der Waals surface area (Å²) in [5, 5.41) is 9.62. The van der Waals surface area contributed by atoms with E-state index in [1.54, 1.807) is 14.2 Å². The van der Waals surface area contributed by atoms with Crippen molar-refractivity contribution in [1.29, 1.82) is 0 Å². The number of aliphatic hydroxyl groups excluding tert-OH is 1. The van der Waals surface area contributed by atoms with Gasteiger partial charge < -0.3 is 28.8 Å². The van der Waals surface area contributed by atoms with Crippen LogP contribution in [0, 0.1) is 0 Å². The van der Waals surface area contributed by atoms with Crippen molar-refractivity contribution in [1.82, 2.24) is 4.90 Å². The second-order valence-electron chi connectivity index (χ2n) is 9.45. The van der Waals surface area contributed by atoms with E-state index in [1.165, 1.54) is 11.1 Å². The molecule has 0 saturated carbocycles. The summed E-state index contributed by atoms with van der Waals surface area (Å²) < 4.78 is 29.1. The Hall–Kier alpha value is -2.97. The molecule has 0 bridgehead atoms.